The maximum absolute atomic E-state index is 11.7. The Bertz CT molecular complexity index is 566. The van der Waals surface area contributed by atoms with Crippen molar-refractivity contribution in [2.45, 2.75) is 32.3 Å². The summed E-state index contributed by atoms with van der Waals surface area (Å²) in [6.07, 6.45) is 2.86. The quantitative estimate of drug-likeness (QED) is 0.818. The van der Waals surface area contributed by atoms with Crippen LogP contribution in [-0.4, -0.2) is 22.5 Å². The van der Waals surface area contributed by atoms with Crippen LogP contribution in [0.25, 0.3) is 0 Å². The molecule has 0 aliphatic carbocycles. The van der Waals surface area contributed by atoms with Crippen LogP contribution in [0.3, 0.4) is 0 Å². The number of aliphatic hydroxyl groups excluding tert-OH is 1. The summed E-state index contributed by atoms with van der Waals surface area (Å²) in [4.78, 5) is 15.9. The Hall–Kier alpha value is -2.14. The van der Waals surface area contributed by atoms with Crippen molar-refractivity contribution in [3.63, 3.8) is 0 Å². The van der Waals surface area contributed by atoms with E-state index in [1.54, 1.807) is 18.3 Å². The smallest absolute Gasteiger partial charge is 0.220 e. The number of rotatable bonds is 7. The fraction of sp³-hybridized carbons (Fsp3) is 0.375. The van der Waals surface area contributed by atoms with Gasteiger partial charge in [-0.2, -0.15) is 0 Å². The molecule has 1 atom stereocenters. The summed E-state index contributed by atoms with van der Waals surface area (Å²) >= 11 is 0. The van der Waals surface area contributed by atoms with Crippen molar-refractivity contribution in [1.82, 2.24) is 10.3 Å². The number of carbonyl (C=O) groups excluding carboxylic acids is 1. The summed E-state index contributed by atoms with van der Waals surface area (Å²) in [5, 5.41) is 12.6. The first-order chi connectivity index (χ1) is 10.1. The van der Waals surface area contributed by atoms with Crippen LogP contribution in [0.4, 0.5) is 0 Å². The number of aliphatic hydroxyl groups is 1. The van der Waals surface area contributed by atoms with Crippen molar-refractivity contribution in [2.75, 3.05) is 6.54 Å². The Kier molecular flexibility index (Phi) is 5.51. The van der Waals surface area contributed by atoms with Gasteiger partial charge in [0.05, 0.1) is 6.54 Å². The molecule has 0 radical (unpaired) electrons. The van der Waals surface area contributed by atoms with Gasteiger partial charge >= 0.3 is 0 Å². The van der Waals surface area contributed by atoms with Gasteiger partial charge in [-0.15, -0.1) is 0 Å². The normalized spacial score (nSPS) is 12.1. The summed E-state index contributed by atoms with van der Waals surface area (Å²) in [6, 6.07) is 9.25. The first-order valence-electron chi connectivity index (χ1n) is 7.06. The van der Waals surface area contributed by atoms with E-state index < -0.39 is 6.10 Å². The lowest BCUT2D eigenvalue weighted by atomic mass is 10.1. The topological polar surface area (TPSA) is 75.4 Å². The molecule has 0 aromatic carbocycles. The SMILES string of the molecule is Cc1ccc([C@@H](O)CNC(=O)CCCc2ccccn2)o1. The summed E-state index contributed by atoms with van der Waals surface area (Å²) in [6.45, 7) is 1.97. The van der Waals surface area contributed by atoms with Crippen molar-refractivity contribution in [2.24, 2.45) is 0 Å². The minimum Gasteiger partial charge on any atom is -0.464 e. The van der Waals surface area contributed by atoms with Crippen LogP contribution in [-0.2, 0) is 11.2 Å². The second-order valence-electron chi connectivity index (χ2n) is 4.94. The molecular formula is C16H20N2O3. The fourth-order valence-electron chi connectivity index (χ4n) is 2.01. The summed E-state index contributed by atoms with van der Waals surface area (Å²) in [7, 11) is 0. The molecule has 2 rings (SSSR count). The zero-order valence-electron chi connectivity index (χ0n) is 12.1. The number of hydrogen-bond acceptors (Lipinski definition) is 4. The van der Waals surface area contributed by atoms with Gasteiger partial charge in [-0.1, -0.05) is 6.07 Å². The first-order valence-corrected chi connectivity index (χ1v) is 7.06. The van der Waals surface area contributed by atoms with E-state index in [0.29, 0.717) is 12.2 Å². The van der Waals surface area contributed by atoms with E-state index in [1.807, 2.05) is 25.1 Å². The number of hydrogen-bond donors (Lipinski definition) is 2. The van der Waals surface area contributed by atoms with Crippen molar-refractivity contribution >= 4 is 5.91 Å². The highest BCUT2D eigenvalue weighted by atomic mass is 16.4. The van der Waals surface area contributed by atoms with Crippen molar-refractivity contribution in [1.29, 1.82) is 0 Å². The van der Waals surface area contributed by atoms with E-state index in [9.17, 15) is 9.90 Å². The molecule has 2 aromatic rings. The van der Waals surface area contributed by atoms with Gasteiger partial charge in [0.2, 0.25) is 5.91 Å². The number of aromatic nitrogens is 1. The van der Waals surface area contributed by atoms with E-state index in [2.05, 4.69) is 10.3 Å². The fourth-order valence-corrected chi connectivity index (χ4v) is 2.01. The first kappa shape index (κ1) is 15.3. The molecule has 2 N–H and O–H groups in total. The van der Waals surface area contributed by atoms with Crippen molar-refractivity contribution in [3.8, 4) is 0 Å². The molecule has 1 amide bonds. The Morgan fingerprint density at radius 3 is 2.90 bits per heavy atom. The van der Waals surface area contributed by atoms with Gasteiger partial charge in [0.25, 0.3) is 0 Å². The van der Waals surface area contributed by atoms with Crippen LogP contribution in [0.5, 0.6) is 0 Å². The number of pyridine rings is 1. The minimum absolute atomic E-state index is 0.0757. The molecule has 0 fully saturated rings. The number of carbonyl (C=O) groups is 1. The lowest BCUT2D eigenvalue weighted by molar-refractivity contribution is -0.121. The highest BCUT2D eigenvalue weighted by Gasteiger charge is 2.12. The van der Waals surface area contributed by atoms with E-state index in [-0.39, 0.29) is 12.5 Å². The highest BCUT2D eigenvalue weighted by molar-refractivity contribution is 5.75. The maximum atomic E-state index is 11.7. The molecule has 5 nitrogen and oxygen atoms in total. The average molecular weight is 288 g/mol. The number of amides is 1. The zero-order valence-corrected chi connectivity index (χ0v) is 12.1. The Balaban J connectivity index is 1.65. The van der Waals surface area contributed by atoms with Crippen LogP contribution in [0, 0.1) is 6.92 Å². The predicted octanol–water partition coefficient (Wildman–Crippen LogP) is 2.16. The van der Waals surface area contributed by atoms with Crippen molar-refractivity contribution in [3.05, 3.63) is 53.7 Å². The average Bonchev–Trinajstić information content (AvgIpc) is 2.92. The van der Waals surface area contributed by atoms with Gasteiger partial charge in [-0.25, -0.2) is 0 Å². The molecule has 0 saturated carbocycles. The second-order valence-corrected chi connectivity index (χ2v) is 4.94. The van der Waals surface area contributed by atoms with Crippen LogP contribution >= 0.6 is 0 Å². The number of aryl methyl sites for hydroxylation is 2. The largest absolute Gasteiger partial charge is 0.464 e. The van der Waals surface area contributed by atoms with Gasteiger partial charge in [0.1, 0.15) is 17.6 Å². The van der Waals surface area contributed by atoms with E-state index >= 15 is 0 Å². The highest BCUT2D eigenvalue weighted by Crippen LogP contribution is 2.15. The van der Waals surface area contributed by atoms with E-state index in [1.165, 1.54) is 0 Å². The van der Waals surface area contributed by atoms with Crippen LogP contribution in [0.15, 0.2) is 40.9 Å². The number of nitrogens with zero attached hydrogens (tertiary/aromatic N) is 1. The molecule has 0 aliphatic rings. The zero-order chi connectivity index (χ0) is 15.1. The standard InChI is InChI=1S/C16H20N2O3/c1-12-8-9-15(21-12)14(19)11-18-16(20)7-4-6-13-5-2-3-10-17-13/h2-3,5,8-10,14,19H,4,6-7,11H2,1H3,(H,18,20)/t14-/m0/s1. The Labute approximate surface area is 124 Å². The Morgan fingerprint density at radius 2 is 2.24 bits per heavy atom. The summed E-state index contributed by atoms with van der Waals surface area (Å²) in [5.74, 6) is 1.14. The predicted molar refractivity (Wildman–Crippen MR) is 78.6 cm³/mol. The Morgan fingerprint density at radius 1 is 1.38 bits per heavy atom. The second kappa shape index (κ2) is 7.59. The van der Waals surface area contributed by atoms with E-state index in [4.69, 9.17) is 4.42 Å². The maximum Gasteiger partial charge on any atom is 0.220 e. The molecule has 2 heterocycles. The molecule has 0 saturated heterocycles. The molecule has 0 bridgehead atoms. The van der Waals surface area contributed by atoms with Crippen molar-refractivity contribution < 1.29 is 14.3 Å². The van der Waals surface area contributed by atoms with Gasteiger partial charge in [0, 0.05) is 18.3 Å². The van der Waals surface area contributed by atoms with Gasteiger partial charge in [-0.3, -0.25) is 9.78 Å². The number of furan rings is 1. The summed E-state index contributed by atoms with van der Waals surface area (Å²) in [5.41, 5.74) is 0.983. The molecule has 0 unspecified atom stereocenters. The molecule has 0 aliphatic heterocycles. The van der Waals surface area contributed by atoms with Crippen LogP contribution in [0.1, 0.15) is 36.2 Å². The molecule has 21 heavy (non-hydrogen) atoms. The monoisotopic (exact) mass is 288 g/mol. The van der Waals surface area contributed by atoms with E-state index in [0.717, 1.165) is 24.3 Å². The van der Waals surface area contributed by atoms with Gasteiger partial charge in [0.15, 0.2) is 0 Å². The lowest BCUT2D eigenvalue weighted by Gasteiger charge is -2.09. The molecule has 112 valence electrons. The molecule has 0 spiro atoms. The third-order valence-corrected chi connectivity index (χ3v) is 3.15. The van der Waals surface area contributed by atoms with Gasteiger partial charge < -0.3 is 14.8 Å². The van der Waals surface area contributed by atoms with Crippen LogP contribution in [0.2, 0.25) is 0 Å². The van der Waals surface area contributed by atoms with Crippen LogP contribution < -0.4 is 5.32 Å². The molecule has 5 heteroatoms. The third kappa shape index (κ3) is 5.04. The molecule has 2 aromatic heterocycles. The number of nitrogens with one attached hydrogen (secondary N) is 1. The summed E-state index contributed by atoms with van der Waals surface area (Å²) < 4.78 is 5.31. The molecular weight excluding hydrogens is 268 g/mol. The lowest BCUT2D eigenvalue weighted by Crippen LogP contribution is -2.28. The minimum atomic E-state index is -0.807. The van der Waals surface area contributed by atoms with Gasteiger partial charge in [-0.05, 0) is 44.0 Å². The third-order valence-electron chi connectivity index (χ3n) is 3.15.